The van der Waals surface area contributed by atoms with E-state index in [2.05, 4.69) is 217 Å². The van der Waals surface area contributed by atoms with Crippen LogP contribution in [0, 0.1) is 0 Å². The predicted molar refractivity (Wildman–Crippen MR) is 246 cm³/mol. The van der Waals surface area contributed by atoms with Gasteiger partial charge >= 0.3 is 0 Å². The van der Waals surface area contributed by atoms with Crippen molar-refractivity contribution in [3.05, 3.63) is 247 Å². The standard InChI is InChI=1S/C57H37NO/c1-3-17-40(18-4-1)57(41-19-5-2-6-20-41)52-28-13-11-23-47(52)48-35-34-43(37-53(48)57)58(54-36-39-16-7-8-21-44(39)46-22-9-10-24-49(46)54)42-32-30-38(31-33-42)45-26-15-27-51-50-25-12-14-29-55(50)59-56(45)51/h1-37H. The maximum atomic E-state index is 6.49. The van der Waals surface area contributed by atoms with Gasteiger partial charge in [0.05, 0.1) is 11.1 Å². The lowest BCUT2D eigenvalue weighted by molar-refractivity contribution is 0.670. The van der Waals surface area contributed by atoms with Crippen LogP contribution in [0.1, 0.15) is 22.3 Å². The van der Waals surface area contributed by atoms with Gasteiger partial charge in [-0.3, -0.25) is 0 Å². The fourth-order valence-electron chi connectivity index (χ4n) is 9.98. The van der Waals surface area contributed by atoms with Gasteiger partial charge in [0, 0.05) is 33.1 Å². The van der Waals surface area contributed by atoms with Gasteiger partial charge in [-0.2, -0.15) is 0 Å². The highest BCUT2D eigenvalue weighted by atomic mass is 16.3. The molecule has 0 saturated heterocycles. The van der Waals surface area contributed by atoms with Crippen molar-refractivity contribution in [2.75, 3.05) is 4.90 Å². The monoisotopic (exact) mass is 751 g/mol. The SMILES string of the molecule is c1ccc(C2(c3ccccc3)c3ccccc3-c3ccc(N(c4ccc(-c5cccc6c5oc5ccccc56)cc4)c4cc5ccccc5c5ccccc45)cc32)cc1. The first-order chi connectivity index (χ1) is 29.3. The fraction of sp³-hybridized carbons (Fsp3) is 0.0175. The van der Waals surface area contributed by atoms with Crippen LogP contribution in [-0.4, -0.2) is 0 Å². The molecule has 0 atom stereocenters. The van der Waals surface area contributed by atoms with Crippen LogP contribution in [-0.2, 0) is 5.41 Å². The summed E-state index contributed by atoms with van der Waals surface area (Å²) in [5.41, 5.74) is 14.4. The van der Waals surface area contributed by atoms with E-state index in [0.717, 1.165) is 50.1 Å². The van der Waals surface area contributed by atoms with Crippen LogP contribution < -0.4 is 4.90 Å². The minimum absolute atomic E-state index is 0.517. The highest BCUT2D eigenvalue weighted by Gasteiger charge is 2.46. The molecule has 1 aromatic heterocycles. The Kier molecular flexibility index (Phi) is 7.48. The fourth-order valence-corrected chi connectivity index (χ4v) is 9.98. The van der Waals surface area contributed by atoms with E-state index in [1.165, 1.54) is 54.9 Å². The number of fused-ring (bicyclic) bond motifs is 9. The highest BCUT2D eigenvalue weighted by molar-refractivity contribution is 6.15. The van der Waals surface area contributed by atoms with E-state index >= 15 is 0 Å². The summed E-state index contributed by atoms with van der Waals surface area (Å²) in [6, 6.07) is 81.9. The Balaban J connectivity index is 1.11. The lowest BCUT2D eigenvalue weighted by atomic mass is 9.67. The summed E-state index contributed by atoms with van der Waals surface area (Å²) in [4.78, 5) is 2.46. The molecule has 2 nitrogen and oxygen atoms in total. The molecule has 11 aromatic rings. The van der Waals surface area contributed by atoms with Crippen LogP contribution in [0.4, 0.5) is 17.1 Å². The molecule has 10 aromatic carbocycles. The molecule has 0 bridgehead atoms. The highest BCUT2D eigenvalue weighted by Crippen LogP contribution is 2.57. The van der Waals surface area contributed by atoms with Gasteiger partial charge in [-0.15, -0.1) is 0 Å². The van der Waals surface area contributed by atoms with Crippen molar-refractivity contribution in [2.24, 2.45) is 0 Å². The molecule has 0 unspecified atom stereocenters. The van der Waals surface area contributed by atoms with Gasteiger partial charge in [-0.25, -0.2) is 0 Å². The van der Waals surface area contributed by atoms with Gasteiger partial charge in [0.25, 0.3) is 0 Å². The van der Waals surface area contributed by atoms with E-state index in [1.807, 2.05) is 12.1 Å². The average Bonchev–Trinajstić information content (AvgIpc) is 3.84. The first kappa shape index (κ1) is 33.5. The van der Waals surface area contributed by atoms with Crippen molar-refractivity contribution < 1.29 is 4.42 Å². The normalized spacial score (nSPS) is 12.9. The van der Waals surface area contributed by atoms with Gasteiger partial charge in [0.2, 0.25) is 0 Å². The molecule has 1 aliphatic rings. The molecular weight excluding hydrogens is 715 g/mol. The number of para-hydroxylation sites is 2. The Labute approximate surface area is 342 Å². The molecule has 0 fully saturated rings. The Morgan fingerprint density at radius 3 is 1.71 bits per heavy atom. The smallest absolute Gasteiger partial charge is 0.143 e. The van der Waals surface area contributed by atoms with Crippen LogP contribution in [0.15, 0.2) is 229 Å². The van der Waals surface area contributed by atoms with Crippen molar-refractivity contribution in [3.8, 4) is 22.3 Å². The molecule has 0 spiro atoms. The van der Waals surface area contributed by atoms with Gasteiger partial charge < -0.3 is 9.32 Å². The maximum absolute atomic E-state index is 6.49. The summed E-state index contributed by atoms with van der Waals surface area (Å²) in [5, 5.41) is 7.15. The lowest BCUT2D eigenvalue weighted by Gasteiger charge is -2.35. The first-order valence-electron chi connectivity index (χ1n) is 20.3. The second kappa shape index (κ2) is 13.2. The Hall–Kier alpha value is -7.68. The van der Waals surface area contributed by atoms with Crippen LogP contribution >= 0.6 is 0 Å². The number of hydrogen-bond donors (Lipinski definition) is 0. The maximum Gasteiger partial charge on any atom is 0.143 e. The number of furan rings is 1. The molecular formula is C57H37NO. The van der Waals surface area contributed by atoms with Gasteiger partial charge in [-0.05, 0) is 91.5 Å². The van der Waals surface area contributed by atoms with E-state index in [-0.39, 0.29) is 0 Å². The molecule has 0 radical (unpaired) electrons. The van der Waals surface area contributed by atoms with E-state index in [4.69, 9.17) is 4.42 Å². The van der Waals surface area contributed by atoms with Crippen molar-refractivity contribution in [2.45, 2.75) is 5.41 Å². The Bertz CT molecular complexity index is 3340. The molecule has 1 aliphatic carbocycles. The van der Waals surface area contributed by atoms with E-state index < -0.39 is 5.41 Å². The summed E-state index contributed by atoms with van der Waals surface area (Å²) in [6.07, 6.45) is 0. The Morgan fingerprint density at radius 2 is 0.932 bits per heavy atom. The molecule has 0 N–H and O–H groups in total. The van der Waals surface area contributed by atoms with Crippen LogP contribution in [0.5, 0.6) is 0 Å². The van der Waals surface area contributed by atoms with Crippen molar-refractivity contribution in [1.82, 2.24) is 0 Å². The number of hydrogen-bond acceptors (Lipinski definition) is 2. The second-order valence-electron chi connectivity index (χ2n) is 15.6. The topological polar surface area (TPSA) is 16.4 Å². The summed E-state index contributed by atoms with van der Waals surface area (Å²) in [5.74, 6) is 0. The average molecular weight is 752 g/mol. The largest absolute Gasteiger partial charge is 0.455 e. The molecule has 0 amide bonds. The van der Waals surface area contributed by atoms with Crippen LogP contribution in [0.25, 0.3) is 65.7 Å². The zero-order valence-electron chi connectivity index (χ0n) is 32.2. The minimum atomic E-state index is -0.517. The second-order valence-corrected chi connectivity index (χ2v) is 15.6. The quantitative estimate of drug-likeness (QED) is 0.157. The van der Waals surface area contributed by atoms with Crippen LogP contribution in [0.3, 0.4) is 0 Å². The molecule has 0 aliphatic heterocycles. The number of anilines is 3. The summed E-state index contributed by atoms with van der Waals surface area (Å²) in [6.45, 7) is 0. The molecule has 12 rings (SSSR count). The van der Waals surface area contributed by atoms with Crippen LogP contribution in [0.2, 0.25) is 0 Å². The molecule has 59 heavy (non-hydrogen) atoms. The Morgan fingerprint density at radius 1 is 0.356 bits per heavy atom. The zero-order valence-corrected chi connectivity index (χ0v) is 32.2. The van der Waals surface area contributed by atoms with Gasteiger partial charge in [0.15, 0.2) is 0 Å². The molecule has 276 valence electrons. The third kappa shape index (κ3) is 5.00. The summed E-state index contributed by atoms with van der Waals surface area (Å²) >= 11 is 0. The van der Waals surface area contributed by atoms with E-state index in [9.17, 15) is 0 Å². The third-order valence-electron chi connectivity index (χ3n) is 12.5. The van der Waals surface area contributed by atoms with E-state index in [0.29, 0.717) is 0 Å². The van der Waals surface area contributed by atoms with Gasteiger partial charge in [-0.1, -0.05) is 188 Å². The molecule has 0 saturated carbocycles. The summed E-state index contributed by atoms with van der Waals surface area (Å²) < 4.78 is 6.49. The van der Waals surface area contributed by atoms with Gasteiger partial charge in [0.1, 0.15) is 11.2 Å². The van der Waals surface area contributed by atoms with Crippen molar-refractivity contribution in [3.63, 3.8) is 0 Å². The number of nitrogens with zero attached hydrogens (tertiary/aromatic N) is 1. The summed E-state index contributed by atoms with van der Waals surface area (Å²) in [7, 11) is 0. The molecule has 1 heterocycles. The number of rotatable bonds is 6. The molecule has 2 heteroatoms. The third-order valence-corrected chi connectivity index (χ3v) is 12.5. The minimum Gasteiger partial charge on any atom is -0.455 e. The van der Waals surface area contributed by atoms with Crippen molar-refractivity contribution >= 4 is 60.5 Å². The lowest BCUT2D eigenvalue weighted by Crippen LogP contribution is -2.28. The predicted octanol–water partition coefficient (Wildman–Crippen LogP) is 15.4. The number of benzene rings is 10. The first-order valence-corrected chi connectivity index (χ1v) is 20.3. The zero-order chi connectivity index (χ0) is 38.9. The van der Waals surface area contributed by atoms with E-state index in [1.54, 1.807) is 0 Å². The van der Waals surface area contributed by atoms with Crippen molar-refractivity contribution in [1.29, 1.82) is 0 Å².